The summed E-state index contributed by atoms with van der Waals surface area (Å²) in [6.07, 6.45) is 1.10. The van der Waals surface area contributed by atoms with Crippen molar-refractivity contribution in [3.8, 4) is 0 Å². The number of Topliss-reactive ketones (excluding diaryl/α,β-unsaturated/α-hetero) is 1. The minimum Gasteiger partial charge on any atom is -0.341 e. The Morgan fingerprint density at radius 3 is 3.00 bits per heavy atom. The van der Waals surface area contributed by atoms with Crippen LogP contribution in [0, 0.1) is 5.92 Å². The molecule has 1 amide bonds. The molecule has 86 valence electrons. The number of amides is 1. The van der Waals surface area contributed by atoms with Crippen LogP contribution in [0.2, 0.25) is 0 Å². The topological polar surface area (TPSA) is 61.4 Å². The summed E-state index contributed by atoms with van der Waals surface area (Å²) in [5, 5.41) is 0. The second-order valence-corrected chi connectivity index (χ2v) is 4.04. The third kappa shape index (κ3) is 3.97. The number of carbonyl (C=O) groups excluding carboxylic acids is 2. The van der Waals surface area contributed by atoms with Crippen molar-refractivity contribution in [3.05, 3.63) is 0 Å². The molecule has 1 unspecified atom stereocenters. The predicted molar refractivity (Wildman–Crippen MR) is 57.0 cm³/mol. The largest absolute Gasteiger partial charge is 0.341 e. The molecule has 0 aromatic rings. The van der Waals surface area contributed by atoms with E-state index >= 15 is 0 Å². The molecular weight excluding hydrogens is 194 g/mol. The molecule has 1 aliphatic heterocycles. The van der Waals surface area contributed by atoms with Crippen molar-refractivity contribution in [2.75, 3.05) is 26.7 Å². The Morgan fingerprint density at radius 2 is 2.33 bits per heavy atom. The second kappa shape index (κ2) is 5.82. The molecule has 1 saturated heterocycles. The van der Waals surface area contributed by atoms with Crippen LogP contribution < -0.4 is 10.9 Å². The van der Waals surface area contributed by atoms with E-state index in [1.807, 2.05) is 6.92 Å². The zero-order chi connectivity index (χ0) is 11.3. The summed E-state index contributed by atoms with van der Waals surface area (Å²) in [5.74, 6) is 0.587. The number of likely N-dealkylation sites (tertiary alicyclic amines) is 1. The van der Waals surface area contributed by atoms with Gasteiger partial charge in [0.1, 0.15) is 5.78 Å². The number of nitrogens with one attached hydrogen (secondary N) is 2. The number of carbonyl (C=O) groups is 2. The zero-order valence-electron chi connectivity index (χ0n) is 9.38. The Hall–Kier alpha value is -0.940. The summed E-state index contributed by atoms with van der Waals surface area (Å²) >= 11 is 0. The van der Waals surface area contributed by atoms with Crippen molar-refractivity contribution in [2.24, 2.45) is 5.92 Å². The molecule has 1 heterocycles. The van der Waals surface area contributed by atoms with E-state index in [1.54, 1.807) is 11.9 Å². The minimum absolute atomic E-state index is 0.0471. The molecule has 5 nitrogen and oxygen atoms in total. The van der Waals surface area contributed by atoms with Crippen LogP contribution in [0.5, 0.6) is 0 Å². The van der Waals surface area contributed by atoms with Crippen molar-refractivity contribution in [2.45, 2.75) is 19.8 Å². The molecular formula is C10H19N3O2. The zero-order valence-corrected chi connectivity index (χ0v) is 9.38. The van der Waals surface area contributed by atoms with Gasteiger partial charge < -0.3 is 4.90 Å². The molecule has 2 N–H and O–H groups in total. The Morgan fingerprint density at radius 1 is 1.60 bits per heavy atom. The standard InChI is InChI=1S/C10H19N3O2/c1-8-5-9(14)3-4-13(7-8)10(15)6-12-11-2/h8,11-12H,3-7H2,1-2H3. The lowest BCUT2D eigenvalue weighted by Gasteiger charge is -2.22. The Labute approximate surface area is 90.2 Å². The molecule has 0 bridgehead atoms. The van der Waals surface area contributed by atoms with E-state index in [0.717, 1.165) is 0 Å². The van der Waals surface area contributed by atoms with E-state index in [9.17, 15) is 9.59 Å². The van der Waals surface area contributed by atoms with Gasteiger partial charge in [-0.2, -0.15) is 0 Å². The number of hydrogen-bond acceptors (Lipinski definition) is 4. The highest BCUT2D eigenvalue weighted by Crippen LogP contribution is 2.12. The van der Waals surface area contributed by atoms with Gasteiger partial charge in [-0.25, -0.2) is 5.43 Å². The molecule has 1 aliphatic rings. The minimum atomic E-state index is 0.0471. The van der Waals surface area contributed by atoms with Gasteiger partial charge in [-0.05, 0) is 13.0 Å². The molecule has 0 saturated carbocycles. The van der Waals surface area contributed by atoms with Crippen molar-refractivity contribution >= 4 is 11.7 Å². The van der Waals surface area contributed by atoms with Crippen LogP contribution in [0.1, 0.15) is 19.8 Å². The summed E-state index contributed by atoms with van der Waals surface area (Å²) in [6, 6.07) is 0. The maximum Gasteiger partial charge on any atom is 0.237 e. The predicted octanol–water partition coefficient (Wildman–Crippen LogP) is -0.462. The van der Waals surface area contributed by atoms with Gasteiger partial charge in [0.2, 0.25) is 5.91 Å². The quantitative estimate of drug-likeness (QED) is 0.623. The second-order valence-electron chi connectivity index (χ2n) is 4.04. The molecule has 1 atom stereocenters. The number of hydrazine groups is 1. The molecule has 5 heteroatoms. The molecule has 15 heavy (non-hydrogen) atoms. The summed E-state index contributed by atoms with van der Waals surface area (Å²) < 4.78 is 0. The van der Waals surface area contributed by atoms with Crippen LogP contribution >= 0.6 is 0 Å². The fraction of sp³-hybridized carbons (Fsp3) is 0.800. The summed E-state index contributed by atoms with van der Waals surface area (Å²) in [7, 11) is 1.72. The first-order valence-corrected chi connectivity index (χ1v) is 5.32. The van der Waals surface area contributed by atoms with Gasteiger partial charge in [-0.1, -0.05) is 6.92 Å². The first-order chi connectivity index (χ1) is 7.13. The van der Waals surface area contributed by atoms with Gasteiger partial charge in [-0.15, -0.1) is 0 Å². The van der Waals surface area contributed by atoms with Crippen LogP contribution in [-0.2, 0) is 9.59 Å². The maximum absolute atomic E-state index is 11.7. The number of hydrogen-bond donors (Lipinski definition) is 2. The van der Waals surface area contributed by atoms with E-state index in [2.05, 4.69) is 10.9 Å². The number of nitrogens with zero attached hydrogens (tertiary/aromatic N) is 1. The van der Waals surface area contributed by atoms with Gasteiger partial charge in [0, 0.05) is 25.9 Å². The van der Waals surface area contributed by atoms with E-state index < -0.39 is 0 Å². The molecule has 1 rings (SSSR count). The van der Waals surface area contributed by atoms with Gasteiger partial charge in [0.15, 0.2) is 0 Å². The average Bonchev–Trinajstić information content (AvgIpc) is 2.36. The third-order valence-corrected chi connectivity index (χ3v) is 2.54. The fourth-order valence-electron chi connectivity index (χ4n) is 1.78. The summed E-state index contributed by atoms with van der Waals surface area (Å²) in [5.41, 5.74) is 5.47. The van der Waals surface area contributed by atoms with Crippen LogP contribution in [0.25, 0.3) is 0 Å². The van der Waals surface area contributed by atoms with Crippen LogP contribution in [0.4, 0.5) is 0 Å². The first kappa shape index (κ1) is 12.1. The van der Waals surface area contributed by atoms with Crippen molar-refractivity contribution in [3.63, 3.8) is 0 Å². The Bertz CT molecular complexity index is 243. The van der Waals surface area contributed by atoms with Crippen LogP contribution in [0.3, 0.4) is 0 Å². The monoisotopic (exact) mass is 213 g/mol. The van der Waals surface area contributed by atoms with E-state index in [-0.39, 0.29) is 24.2 Å². The lowest BCUT2D eigenvalue weighted by Crippen LogP contribution is -2.43. The SMILES string of the molecule is CNNCC(=O)N1CCC(=O)CC(C)C1. The third-order valence-electron chi connectivity index (χ3n) is 2.54. The Kier molecular flexibility index (Phi) is 4.71. The van der Waals surface area contributed by atoms with Crippen LogP contribution in [0.15, 0.2) is 0 Å². The van der Waals surface area contributed by atoms with E-state index in [1.165, 1.54) is 0 Å². The van der Waals surface area contributed by atoms with Gasteiger partial charge in [0.25, 0.3) is 0 Å². The van der Waals surface area contributed by atoms with Crippen molar-refractivity contribution in [1.29, 1.82) is 0 Å². The summed E-state index contributed by atoms with van der Waals surface area (Å²) in [6.45, 7) is 3.54. The average molecular weight is 213 g/mol. The van der Waals surface area contributed by atoms with E-state index in [4.69, 9.17) is 0 Å². The smallest absolute Gasteiger partial charge is 0.237 e. The van der Waals surface area contributed by atoms with Crippen molar-refractivity contribution in [1.82, 2.24) is 15.8 Å². The number of rotatable bonds is 3. The normalized spacial score (nSPS) is 22.7. The van der Waals surface area contributed by atoms with Gasteiger partial charge in [0.05, 0.1) is 6.54 Å². The first-order valence-electron chi connectivity index (χ1n) is 5.32. The van der Waals surface area contributed by atoms with Gasteiger partial charge in [-0.3, -0.25) is 15.0 Å². The molecule has 0 spiro atoms. The molecule has 0 radical (unpaired) electrons. The van der Waals surface area contributed by atoms with Crippen molar-refractivity contribution < 1.29 is 9.59 Å². The number of ketones is 1. The Balaban J connectivity index is 2.46. The molecule has 0 aromatic carbocycles. The lowest BCUT2D eigenvalue weighted by atomic mass is 10.1. The molecule has 0 aromatic heterocycles. The van der Waals surface area contributed by atoms with Gasteiger partial charge >= 0.3 is 0 Å². The molecule has 1 fully saturated rings. The highest BCUT2D eigenvalue weighted by Gasteiger charge is 2.22. The highest BCUT2D eigenvalue weighted by atomic mass is 16.2. The van der Waals surface area contributed by atoms with Crippen LogP contribution in [-0.4, -0.2) is 43.3 Å². The molecule has 0 aliphatic carbocycles. The maximum atomic E-state index is 11.7. The fourth-order valence-corrected chi connectivity index (χ4v) is 1.78. The highest BCUT2D eigenvalue weighted by molar-refractivity contribution is 5.82. The van der Waals surface area contributed by atoms with E-state index in [0.29, 0.717) is 25.9 Å². The lowest BCUT2D eigenvalue weighted by molar-refractivity contribution is -0.130. The summed E-state index contributed by atoms with van der Waals surface area (Å²) in [4.78, 5) is 24.7.